The summed E-state index contributed by atoms with van der Waals surface area (Å²) < 4.78 is 12.6. The average Bonchev–Trinajstić information content (AvgIpc) is 3.26. The molecule has 2 fully saturated rings. The fraction of sp³-hybridized carbons (Fsp3) is 0.562. The van der Waals surface area contributed by atoms with Gasteiger partial charge in [0.15, 0.2) is 23.2 Å². The lowest BCUT2D eigenvalue weighted by atomic mass is 10.1. The molecular formula is C16H19N5O4. The van der Waals surface area contributed by atoms with E-state index in [1.54, 1.807) is 4.57 Å². The summed E-state index contributed by atoms with van der Waals surface area (Å²) in [6, 6.07) is 0.427. The Labute approximate surface area is 144 Å². The molecule has 0 radical (unpaired) electrons. The number of nitrogens with one attached hydrogen (secondary N) is 1. The number of hydrogen-bond acceptors (Lipinski definition) is 8. The summed E-state index contributed by atoms with van der Waals surface area (Å²) in [6.07, 6.45) is 6.61. The summed E-state index contributed by atoms with van der Waals surface area (Å²) in [5, 5.41) is 23.9. The van der Waals surface area contributed by atoms with Crippen LogP contribution in [-0.2, 0) is 9.47 Å². The first kappa shape index (κ1) is 16.2. The third-order valence-corrected chi connectivity index (χ3v) is 4.36. The first-order chi connectivity index (χ1) is 12.2. The van der Waals surface area contributed by atoms with E-state index in [9.17, 15) is 10.2 Å². The van der Waals surface area contributed by atoms with Crippen LogP contribution >= 0.6 is 0 Å². The zero-order valence-corrected chi connectivity index (χ0v) is 13.4. The molecule has 132 valence electrons. The zero-order chi connectivity index (χ0) is 17.4. The van der Waals surface area contributed by atoms with Gasteiger partial charge in [0.1, 0.15) is 31.2 Å². The van der Waals surface area contributed by atoms with Gasteiger partial charge in [-0.1, -0.05) is 5.92 Å². The molecule has 0 spiro atoms. The first-order valence-corrected chi connectivity index (χ1v) is 8.16. The zero-order valence-electron chi connectivity index (χ0n) is 13.4. The quantitative estimate of drug-likeness (QED) is 0.482. The molecule has 0 bridgehead atoms. The van der Waals surface area contributed by atoms with Gasteiger partial charge in [0, 0.05) is 6.04 Å². The van der Waals surface area contributed by atoms with Gasteiger partial charge in [0.25, 0.3) is 0 Å². The number of terminal acetylenes is 1. The summed E-state index contributed by atoms with van der Waals surface area (Å²) in [7, 11) is 0. The Bertz CT molecular complexity index is 799. The van der Waals surface area contributed by atoms with Gasteiger partial charge < -0.3 is 25.0 Å². The second kappa shape index (κ2) is 6.57. The summed E-state index contributed by atoms with van der Waals surface area (Å²) in [5.41, 5.74) is 1.13. The van der Waals surface area contributed by atoms with Crippen molar-refractivity contribution in [3.63, 3.8) is 0 Å². The van der Waals surface area contributed by atoms with E-state index in [0.717, 1.165) is 12.8 Å². The highest BCUT2D eigenvalue weighted by Crippen LogP contribution is 2.33. The maximum absolute atomic E-state index is 10.4. The van der Waals surface area contributed by atoms with Gasteiger partial charge in [-0.2, -0.15) is 0 Å². The summed E-state index contributed by atoms with van der Waals surface area (Å²) in [5.74, 6) is 3.01. The molecule has 1 saturated carbocycles. The van der Waals surface area contributed by atoms with Gasteiger partial charge in [-0.25, -0.2) is 15.0 Å². The Morgan fingerprint density at radius 2 is 2.16 bits per heavy atom. The monoisotopic (exact) mass is 345 g/mol. The van der Waals surface area contributed by atoms with Crippen LogP contribution in [0.4, 0.5) is 5.82 Å². The minimum absolute atomic E-state index is 0.0923. The molecule has 0 unspecified atom stereocenters. The molecule has 3 heterocycles. The van der Waals surface area contributed by atoms with Gasteiger partial charge in [0.05, 0.1) is 12.9 Å². The topological polar surface area (TPSA) is 115 Å². The number of nitrogens with zero attached hydrogens (tertiary/aromatic N) is 4. The van der Waals surface area contributed by atoms with Crippen LogP contribution in [0.1, 0.15) is 19.1 Å². The smallest absolute Gasteiger partial charge is 0.167 e. The molecule has 1 aliphatic heterocycles. The maximum atomic E-state index is 10.4. The summed E-state index contributed by atoms with van der Waals surface area (Å²) in [6.45, 7) is 0.208. The van der Waals surface area contributed by atoms with E-state index >= 15 is 0 Å². The van der Waals surface area contributed by atoms with Gasteiger partial charge in [0.2, 0.25) is 0 Å². The average molecular weight is 345 g/mol. The SMILES string of the molecule is C#CCOC[C@H]1O[C@@H](n2cnc3c(NC4CC4)ncnc32)[C@H](O)[C@@H]1O. The van der Waals surface area contributed by atoms with Crippen molar-refractivity contribution in [1.82, 2.24) is 19.5 Å². The van der Waals surface area contributed by atoms with Gasteiger partial charge in [-0.15, -0.1) is 6.42 Å². The fourth-order valence-electron chi connectivity index (χ4n) is 2.90. The normalized spacial score (nSPS) is 29.0. The van der Waals surface area contributed by atoms with Crippen molar-refractivity contribution in [2.24, 2.45) is 0 Å². The molecule has 9 nitrogen and oxygen atoms in total. The Hall–Kier alpha value is -2.25. The molecule has 25 heavy (non-hydrogen) atoms. The summed E-state index contributed by atoms with van der Waals surface area (Å²) >= 11 is 0. The van der Waals surface area contributed by atoms with Crippen LogP contribution in [0, 0.1) is 12.3 Å². The van der Waals surface area contributed by atoms with Crippen LogP contribution in [0.2, 0.25) is 0 Å². The Kier molecular flexibility index (Phi) is 4.27. The van der Waals surface area contributed by atoms with Crippen LogP contribution in [0.25, 0.3) is 11.2 Å². The van der Waals surface area contributed by atoms with Gasteiger partial charge in [-0.05, 0) is 12.8 Å². The Morgan fingerprint density at radius 3 is 2.92 bits per heavy atom. The molecule has 9 heteroatoms. The summed E-state index contributed by atoms with van der Waals surface area (Å²) in [4.78, 5) is 12.8. The molecule has 2 aromatic rings. The predicted molar refractivity (Wildman–Crippen MR) is 87.5 cm³/mol. The highest BCUT2D eigenvalue weighted by Gasteiger charge is 2.44. The molecule has 4 atom stereocenters. The van der Waals surface area contributed by atoms with Crippen molar-refractivity contribution >= 4 is 17.0 Å². The van der Waals surface area contributed by atoms with Crippen LogP contribution in [-0.4, -0.2) is 67.3 Å². The second-order valence-electron chi connectivity index (χ2n) is 6.23. The molecule has 0 amide bonds. The molecule has 2 aliphatic rings. The van der Waals surface area contributed by atoms with Crippen molar-refractivity contribution in [3.8, 4) is 12.3 Å². The third kappa shape index (κ3) is 3.05. The van der Waals surface area contributed by atoms with Crippen molar-refractivity contribution in [1.29, 1.82) is 0 Å². The number of hydrogen-bond donors (Lipinski definition) is 3. The van der Waals surface area contributed by atoms with Crippen LogP contribution in [0.15, 0.2) is 12.7 Å². The molecule has 2 aromatic heterocycles. The standard InChI is InChI=1S/C16H19N5O4/c1-2-5-24-6-10-12(22)13(23)16(25-10)21-8-19-11-14(20-9-3-4-9)17-7-18-15(11)21/h1,7-10,12-13,16,22-23H,3-6H2,(H,17,18,20)/t10-,12-,13-,16-/m1/s1. The molecule has 3 N–H and O–H groups in total. The number of aliphatic hydroxyl groups excluding tert-OH is 2. The minimum atomic E-state index is -1.13. The predicted octanol–water partition coefficient (Wildman–Crippen LogP) is -0.330. The van der Waals surface area contributed by atoms with Crippen LogP contribution in [0.3, 0.4) is 0 Å². The molecule has 1 aliphatic carbocycles. The van der Waals surface area contributed by atoms with Crippen molar-refractivity contribution in [2.45, 2.75) is 43.4 Å². The molecular weight excluding hydrogens is 326 g/mol. The molecule has 0 aromatic carbocycles. The maximum Gasteiger partial charge on any atom is 0.167 e. The van der Waals surface area contributed by atoms with Crippen LogP contribution in [0.5, 0.6) is 0 Å². The van der Waals surface area contributed by atoms with E-state index < -0.39 is 24.5 Å². The number of rotatable bonds is 6. The second-order valence-corrected chi connectivity index (χ2v) is 6.23. The van der Waals surface area contributed by atoms with E-state index in [1.165, 1.54) is 12.7 Å². The van der Waals surface area contributed by atoms with Crippen molar-refractivity contribution in [2.75, 3.05) is 18.5 Å². The number of anilines is 1. The Balaban J connectivity index is 1.58. The lowest BCUT2D eigenvalue weighted by molar-refractivity contribution is -0.0615. The van der Waals surface area contributed by atoms with E-state index in [2.05, 4.69) is 26.2 Å². The number of ether oxygens (including phenoxy) is 2. The lowest BCUT2D eigenvalue weighted by Gasteiger charge is -2.16. The molecule has 1 saturated heterocycles. The van der Waals surface area contributed by atoms with Crippen molar-refractivity contribution in [3.05, 3.63) is 12.7 Å². The van der Waals surface area contributed by atoms with Crippen LogP contribution < -0.4 is 5.32 Å². The van der Waals surface area contributed by atoms with Gasteiger partial charge in [-0.3, -0.25) is 4.57 Å². The van der Waals surface area contributed by atoms with E-state index in [4.69, 9.17) is 15.9 Å². The number of fused-ring (bicyclic) bond motifs is 1. The number of aliphatic hydroxyl groups is 2. The largest absolute Gasteiger partial charge is 0.387 e. The number of imidazole rings is 1. The van der Waals surface area contributed by atoms with E-state index in [1.807, 2.05) is 0 Å². The van der Waals surface area contributed by atoms with Gasteiger partial charge >= 0.3 is 0 Å². The van der Waals surface area contributed by atoms with E-state index in [0.29, 0.717) is 23.0 Å². The molecule has 4 rings (SSSR count). The first-order valence-electron chi connectivity index (χ1n) is 8.16. The van der Waals surface area contributed by atoms with E-state index in [-0.39, 0.29) is 13.2 Å². The van der Waals surface area contributed by atoms with Crippen molar-refractivity contribution < 1.29 is 19.7 Å². The number of aromatic nitrogens is 4. The minimum Gasteiger partial charge on any atom is -0.387 e. The third-order valence-electron chi connectivity index (χ3n) is 4.36. The Morgan fingerprint density at radius 1 is 1.32 bits per heavy atom. The fourth-order valence-corrected chi connectivity index (χ4v) is 2.90. The highest BCUT2D eigenvalue weighted by atomic mass is 16.6. The lowest BCUT2D eigenvalue weighted by Crippen LogP contribution is -2.33. The highest BCUT2D eigenvalue weighted by molar-refractivity contribution is 5.83.